The van der Waals surface area contributed by atoms with Crippen LogP contribution in [0.4, 0.5) is 4.39 Å². The molecule has 0 aliphatic rings. The fraction of sp³-hybridized carbons (Fsp3) is 0.647. The summed E-state index contributed by atoms with van der Waals surface area (Å²) in [5.74, 6) is 0.446. The topological polar surface area (TPSA) is 12.0 Å². The summed E-state index contributed by atoms with van der Waals surface area (Å²) < 4.78 is 14.0. The Labute approximate surface area is 127 Å². The molecule has 114 valence electrons. The number of nitrogens with one attached hydrogen (secondary N) is 1. The second kappa shape index (κ2) is 7.99. The normalized spacial score (nSPS) is 12.2. The van der Waals surface area contributed by atoms with Gasteiger partial charge in [-0.15, -0.1) is 0 Å². The van der Waals surface area contributed by atoms with Gasteiger partial charge in [0.15, 0.2) is 0 Å². The highest BCUT2D eigenvalue weighted by Crippen LogP contribution is 2.32. The number of hydrogen-bond acceptors (Lipinski definition) is 1. The van der Waals surface area contributed by atoms with Gasteiger partial charge in [-0.3, -0.25) is 0 Å². The molecule has 0 bridgehead atoms. The first-order valence-corrected chi connectivity index (χ1v) is 7.95. The number of hydrogen-bond donors (Lipinski definition) is 1. The molecule has 0 atom stereocenters. The van der Waals surface area contributed by atoms with Crippen molar-refractivity contribution in [2.24, 2.45) is 11.3 Å². The monoisotopic (exact) mass is 299 g/mol. The van der Waals surface area contributed by atoms with Crippen molar-refractivity contribution in [2.75, 3.05) is 13.1 Å². The zero-order chi connectivity index (χ0) is 15.2. The Hall–Kier alpha value is -0.600. The molecule has 0 aromatic heterocycles. The van der Waals surface area contributed by atoms with Crippen LogP contribution in [0, 0.1) is 17.2 Å². The summed E-state index contributed by atoms with van der Waals surface area (Å²) in [4.78, 5) is 0. The molecule has 1 rings (SSSR count). The van der Waals surface area contributed by atoms with Crippen LogP contribution >= 0.6 is 11.6 Å². The highest BCUT2D eigenvalue weighted by molar-refractivity contribution is 6.30. The average molecular weight is 300 g/mol. The lowest BCUT2D eigenvalue weighted by Gasteiger charge is -2.33. The fourth-order valence-corrected chi connectivity index (χ4v) is 2.67. The van der Waals surface area contributed by atoms with Gasteiger partial charge in [-0.05, 0) is 54.8 Å². The minimum Gasteiger partial charge on any atom is -0.316 e. The highest BCUT2D eigenvalue weighted by atomic mass is 35.5. The van der Waals surface area contributed by atoms with E-state index in [1.807, 2.05) is 6.07 Å². The minimum atomic E-state index is -0.187. The Kier molecular flexibility index (Phi) is 6.97. The van der Waals surface area contributed by atoms with Gasteiger partial charge in [-0.25, -0.2) is 4.39 Å². The predicted molar refractivity (Wildman–Crippen MR) is 85.8 cm³/mol. The second-order valence-corrected chi connectivity index (χ2v) is 6.58. The highest BCUT2D eigenvalue weighted by Gasteiger charge is 2.27. The van der Waals surface area contributed by atoms with E-state index in [-0.39, 0.29) is 11.2 Å². The Balaban J connectivity index is 2.79. The van der Waals surface area contributed by atoms with E-state index in [0.29, 0.717) is 10.9 Å². The first-order chi connectivity index (χ1) is 9.42. The zero-order valence-electron chi connectivity index (χ0n) is 13.1. The predicted octanol–water partition coefficient (Wildman–Crippen LogP) is 5.07. The summed E-state index contributed by atoms with van der Waals surface area (Å²) in [5, 5.41) is 3.99. The van der Waals surface area contributed by atoms with E-state index in [0.717, 1.165) is 37.9 Å². The van der Waals surface area contributed by atoms with Crippen molar-refractivity contribution >= 4 is 11.6 Å². The van der Waals surface area contributed by atoms with Crippen LogP contribution in [0.5, 0.6) is 0 Å². The SMILES string of the molecule is CCC(CC)(CNCC(C)C)Cc1ccc(Cl)cc1F. The van der Waals surface area contributed by atoms with Crippen molar-refractivity contribution in [3.05, 3.63) is 34.6 Å². The number of benzene rings is 1. The van der Waals surface area contributed by atoms with Gasteiger partial charge >= 0.3 is 0 Å². The van der Waals surface area contributed by atoms with Crippen LogP contribution in [0.25, 0.3) is 0 Å². The summed E-state index contributed by atoms with van der Waals surface area (Å²) >= 11 is 5.82. The van der Waals surface area contributed by atoms with Gasteiger partial charge in [-0.2, -0.15) is 0 Å². The Morgan fingerprint density at radius 1 is 1.25 bits per heavy atom. The van der Waals surface area contributed by atoms with E-state index < -0.39 is 0 Å². The van der Waals surface area contributed by atoms with Crippen molar-refractivity contribution in [3.63, 3.8) is 0 Å². The van der Waals surface area contributed by atoms with Crippen molar-refractivity contribution in [1.29, 1.82) is 0 Å². The van der Waals surface area contributed by atoms with E-state index >= 15 is 0 Å². The molecule has 0 unspecified atom stereocenters. The molecule has 0 amide bonds. The van der Waals surface area contributed by atoms with Crippen molar-refractivity contribution in [2.45, 2.75) is 47.0 Å². The van der Waals surface area contributed by atoms with Gasteiger partial charge in [0.25, 0.3) is 0 Å². The van der Waals surface area contributed by atoms with Crippen molar-refractivity contribution in [1.82, 2.24) is 5.32 Å². The maximum atomic E-state index is 14.0. The smallest absolute Gasteiger partial charge is 0.127 e. The van der Waals surface area contributed by atoms with Crippen LogP contribution in [0.3, 0.4) is 0 Å². The van der Waals surface area contributed by atoms with Gasteiger partial charge in [0.2, 0.25) is 0 Å². The molecule has 1 nitrogen and oxygen atoms in total. The fourth-order valence-electron chi connectivity index (χ4n) is 2.51. The molecule has 0 spiro atoms. The Bertz CT molecular complexity index is 413. The number of rotatable bonds is 8. The summed E-state index contributed by atoms with van der Waals surface area (Å²) in [6.07, 6.45) is 2.83. The average Bonchev–Trinajstić information content (AvgIpc) is 2.40. The molecular weight excluding hydrogens is 273 g/mol. The molecular formula is C17H27ClFN. The lowest BCUT2D eigenvalue weighted by Crippen LogP contribution is -2.37. The summed E-state index contributed by atoms with van der Waals surface area (Å²) in [7, 11) is 0. The van der Waals surface area contributed by atoms with Crippen molar-refractivity contribution < 1.29 is 4.39 Å². The third kappa shape index (κ3) is 5.06. The quantitative estimate of drug-likeness (QED) is 0.706. The van der Waals surface area contributed by atoms with Crippen LogP contribution in [0.15, 0.2) is 18.2 Å². The lowest BCUT2D eigenvalue weighted by molar-refractivity contribution is 0.240. The molecule has 0 aliphatic carbocycles. The maximum absolute atomic E-state index is 14.0. The molecule has 0 heterocycles. The molecule has 20 heavy (non-hydrogen) atoms. The molecule has 0 saturated carbocycles. The summed E-state index contributed by atoms with van der Waals surface area (Å²) in [6.45, 7) is 10.7. The molecule has 3 heteroatoms. The van der Waals surface area contributed by atoms with E-state index in [2.05, 4.69) is 33.0 Å². The van der Waals surface area contributed by atoms with Gasteiger partial charge in [-0.1, -0.05) is 45.4 Å². The van der Waals surface area contributed by atoms with Crippen LogP contribution in [0.2, 0.25) is 5.02 Å². The molecule has 0 fully saturated rings. The second-order valence-electron chi connectivity index (χ2n) is 6.14. The first-order valence-electron chi connectivity index (χ1n) is 7.57. The summed E-state index contributed by atoms with van der Waals surface area (Å²) in [5.41, 5.74) is 0.883. The third-order valence-electron chi connectivity index (χ3n) is 4.13. The summed E-state index contributed by atoms with van der Waals surface area (Å²) in [6, 6.07) is 5.01. The lowest BCUT2D eigenvalue weighted by atomic mass is 9.76. The number of halogens is 2. The first kappa shape index (κ1) is 17.5. The van der Waals surface area contributed by atoms with E-state index in [4.69, 9.17) is 11.6 Å². The van der Waals surface area contributed by atoms with Crippen LogP contribution < -0.4 is 5.32 Å². The van der Waals surface area contributed by atoms with E-state index in [9.17, 15) is 4.39 Å². The minimum absolute atomic E-state index is 0.115. The molecule has 1 N–H and O–H groups in total. The van der Waals surface area contributed by atoms with Gasteiger partial charge < -0.3 is 5.32 Å². The Morgan fingerprint density at radius 2 is 1.90 bits per heavy atom. The standard InChI is InChI=1S/C17H27ClFN/c1-5-17(6-2,12-20-11-13(3)4)10-14-7-8-15(18)9-16(14)19/h7-9,13,20H,5-6,10-12H2,1-4H3. The van der Waals surface area contributed by atoms with Crippen LogP contribution in [-0.2, 0) is 6.42 Å². The van der Waals surface area contributed by atoms with E-state index in [1.165, 1.54) is 6.07 Å². The largest absolute Gasteiger partial charge is 0.316 e. The van der Waals surface area contributed by atoms with Crippen molar-refractivity contribution in [3.8, 4) is 0 Å². The third-order valence-corrected chi connectivity index (χ3v) is 4.37. The Morgan fingerprint density at radius 3 is 2.40 bits per heavy atom. The van der Waals surface area contributed by atoms with Crippen LogP contribution in [0.1, 0.15) is 46.1 Å². The molecule has 0 radical (unpaired) electrons. The molecule has 1 aromatic carbocycles. The van der Waals surface area contributed by atoms with Gasteiger partial charge in [0, 0.05) is 11.6 Å². The van der Waals surface area contributed by atoms with Gasteiger partial charge in [0.1, 0.15) is 5.82 Å². The zero-order valence-corrected chi connectivity index (χ0v) is 13.9. The van der Waals surface area contributed by atoms with Crippen LogP contribution in [-0.4, -0.2) is 13.1 Å². The van der Waals surface area contributed by atoms with Gasteiger partial charge in [0.05, 0.1) is 0 Å². The maximum Gasteiger partial charge on any atom is 0.127 e. The molecule has 0 aliphatic heterocycles. The molecule has 1 aromatic rings. The van der Waals surface area contributed by atoms with E-state index in [1.54, 1.807) is 6.07 Å². The molecule has 0 saturated heterocycles.